The number of halogens is 2. The third-order valence-electron chi connectivity index (χ3n) is 2.36. The minimum atomic E-state index is -0.265. The minimum Gasteiger partial charge on any atom is -0.331 e. The summed E-state index contributed by atoms with van der Waals surface area (Å²) in [6.45, 7) is 5.01. The first-order valence-corrected chi connectivity index (χ1v) is 6.26. The van der Waals surface area contributed by atoms with Crippen LogP contribution in [0.15, 0.2) is 16.6 Å². The molecule has 0 fully saturated rings. The molecule has 0 atom stereocenters. The normalized spacial score (nSPS) is 11.6. The van der Waals surface area contributed by atoms with E-state index in [4.69, 9.17) is 12.2 Å². The molecular weight excluding hydrogens is 291 g/mol. The molecule has 0 saturated carbocycles. The minimum absolute atomic E-state index is 0.265. The van der Waals surface area contributed by atoms with Gasteiger partial charge in [0.25, 0.3) is 0 Å². The number of nitrogens with one attached hydrogen (secondary N) is 1. The molecule has 1 aromatic carbocycles. The summed E-state index contributed by atoms with van der Waals surface area (Å²) in [4.78, 5) is 3.08. The third-order valence-corrected chi connectivity index (χ3v) is 3.29. The van der Waals surface area contributed by atoms with Crippen LogP contribution < -0.4 is 0 Å². The Morgan fingerprint density at radius 3 is 2.81 bits per heavy atom. The van der Waals surface area contributed by atoms with E-state index >= 15 is 0 Å². The van der Waals surface area contributed by atoms with Crippen molar-refractivity contribution in [2.75, 3.05) is 0 Å². The summed E-state index contributed by atoms with van der Waals surface area (Å²) in [7, 11) is 0. The fourth-order valence-electron chi connectivity index (χ4n) is 1.70. The fraction of sp³-hybridized carbons (Fsp3) is 0.364. The van der Waals surface area contributed by atoms with E-state index in [-0.39, 0.29) is 5.82 Å². The number of rotatable bonds is 2. The van der Waals surface area contributed by atoms with Crippen LogP contribution >= 0.6 is 28.1 Å². The molecule has 2 nitrogen and oxygen atoms in total. The molecule has 2 rings (SSSR count). The standard InChI is InChI=1S/C11H12BrFN2S/c1-6(2)5-15-10-4-8(13)7(12)3-9(10)14-11(15)16/h3-4,6H,5H2,1-2H3,(H,14,16). The number of H-pyrrole nitrogens is 1. The number of benzene rings is 1. The second kappa shape index (κ2) is 4.30. The average Bonchev–Trinajstić information content (AvgIpc) is 2.45. The van der Waals surface area contributed by atoms with Crippen LogP contribution in [0.4, 0.5) is 4.39 Å². The highest BCUT2D eigenvalue weighted by molar-refractivity contribution is 9.10. The van der Waals surface area contributed by atoms with Gasteiger partial charge in [0.1, 0.15) is 5.82 Å². The maximum atomic E-state index is 13.5. The Balaban J connectivity index is 2.69. The van der Waals surface area contributed by atoms with E-state index in [0.29, 0.717) is 15.2 Å². The van der Waals surface area contributed by atoms with Gasteiger partial charge in [0.05, 0.1) is 15.5 Å². The first-order valence-electron chi connectivity index (χ1n) is 5.06. The molecule has 1 heterocycles. The predicted molar refractivity (Wildman–Crippen MR) is 69.6 cm³/mol. The Labute approximate surface area is 107 Å². The van der Waals surface area contributed by atoms with Crippen LogP contribution in [0.2, 0.25) is 0 Å². The zero-order chi connectivity index (χ0) is 11.9. The van der Waals surface area contributed by atoms with E-state index in [0.717, 1.165) is 17.6 Å². The molecular formula is C11H12BrFN2S. The molecule has 0 saturated heterocycles. The summed E-state index contributed by atoms with van der Waals surface area (Å²) in [5.41, 5.74) is 1.68. The molecule has 0 aliphatic carbocycles. The van der Waals surface area contributed by atoms with Gasteiger partial charge in [0, 0.05) is 12.6 Å². The Bertz CT molecular complexity index is 585. The summed E-state index contributed by atoms with van der Waals surface area (Å²) >= 11 is 8.39. The van der Waals surface area contributed by atoms with E-state index in [2.05, 4.69) is 34.8 Å². The number of aromatic nitrogens is 2. The van der Waals surface area contributed by atoms with E-state index in [1.54, 1.807) is 6.07 Å². The van der Waals surface area contributed by atoms with Crippen molar-refractivity contribution >= 4 is 39.2 Å². The smallest absolute Gasteiger partial charge is 0.178 e. The van der Waals surface area contributed by atoms with Gasteiger partial charge in [-0.1, -0.05) is 13.8 Å². The molecule has 0 unspecified atom stereocenters. The Kier molecular flexibility index (Phi) is 3.17. The Morgan fingerprint density at radius 1 is 1.50 bits per heavy atom. The Hall–Kier alpha value is -0.680. The van der Waals surface area contributed by atoms with Crippen molar-refractivity contribution in [2.45, 2.75) is 20.4 Å². The highest BCUT2D eigenvalue weighted by Crippen LogP contribution is 2.23. The fourth-order valence-corrected chi connectivity index (χ4v) is 2.32. The van der Waals surface area contributed by atoms with Gasteiger partial charge in [0.2, 0.25) is 0 Å². The zero-order valence-corrected chi connectivity index (χ0v) is 11.5. The van der Waals surface area contributed by atoms with Crippen molar-refractivity contribution in [3.63, 3.8) is 0 Å². The molecule has 0 radical (unpaired) electrons. The summed E-state index contributed by atoms with van der Waals surface area (Å²) < 4.78 is 16.5. The predicted octanol–water partition coefficient (Wildman–Crippen LogP) is 4.26. The van der Waals surface area contributed by atoms with Gasteiger partial charge in [-0.15, -0.1) is 0 Å². The number of fused-ring (bicyclic) bond motifs is 1. The lowest BCUT2D eigenvalue weighted by Crippen LogP contribution is -2.04. The van der Waals surface area contributed by atoms with Crippen LogP contribution in [0.1, 0.15) is 13.8 Å². The number of imidazole rings is 1. The van der Waals surface area contributed by atoms with Gasteiger partial charge in [-0.05, 0) is 40.1 Å². The second-order valence-electron chi connectivity index (χ2n) is 4.22. The average molecular weight is 303 g/mol. The van der Waals surface area contributed by atoms with Crippen molar-refractivity contribution in [1.29, 1.82) is 0 Å². The van der Waals surface area contributed by atoms with Gasteiger partial charge < -0.3 is 9.55 Å². The molecule has 0 aliphatic heterocycles. The topological polar surface area (TPSA) is 20.7 Å². The monoisotopic (exact) mass is 302 g/mol. The summed E-state index contributed by atoms with van der Waals surface area (Å²) in [6.07, 6.45) is 0. The van der Waals surface area contributed by atoms with Crippen molar-refractivity contribution < 1.29 is 4.39 Å². The number of hydrogen-bond acceptors (Lipinski definition) is 1. The van der Waals surface area contributed by atoms with Gasteiger partial charge in [-0.2, -0.15) is 0 Å². The van der Waals surface area contributed by atoms with Crippen LogP contribution in [0.3, 0.4) is 0 Å². The molecule has 86 valence electrons. The third kappa shape index (κ3) is 2.06. The number of hydrogen-bond donors (Lipinski definition) is 1. The van der Waals surface area contributed by atoms with E-state index in [1.807, 2.05) is 4.57 Å². The highest BCUT2D eigenvalue weighted by atomic mass is 79.9. The van der Waals surface area contributed by atoms with Gasteiger partial charge in [0.15, 0.2) is 4.77 Å². The second-order valence-corrected chi connectivity index (χ2v) is 5.46. The van der Waals surface area contributed by atoms with Gasteiger partial charge >= 0.3 is 0 Å². The summed E-state index contributed by atoms with van der Waals surface area (Å²) in [5, 5.41) is 0. The van der Waals surface area contributed by atoms with Crippen LogP contribution in [0.5, 0.6) is 0 Å². The molecule has 0 spiro atoms. The molecule has 16 heavy (non-hydrogen) atoms. The lowest BCUT2D eigenvalue weighted by atomic mass is 10.2. The molecule has 5 heteroatoms. The highest BCUT2D eigenvalue weighted by Gasteiger charge is 2.09. The van der Waals surface area contributed by atoms with E-state index in [9.17, 15) is 4.39 Å². The number of aromatic amines is 1. The number of nitrogens with zero attached hydrogens (tertiary/aromatic N) is 1. The summed E-state index contributed by atoms with van der Waals surface area (Å²) in [5.74, 6) is 0.205. The zero-order valence-electron chi connectivity index (χ0n) is 9.05. The van der Waals surface area contributed by atoms with Crippen LogP contribution in [0.25, 0.3) is 11.0 Å². The Morgan fingerprint density at radius 2 is 2.19 bits per heavy atom. The van der Waals surface area contributed by atoms with Crippen molar-refractivity contribution in [3.8, 4) is 0 Å². The lowest BCUT2D eigenvalue weighted by molar-refractivity contribution is 0.528. The summed E-state index contributed by atoms with van der Waals surface area (Å²) in [6, 6.07) is 3.23. The molecule has 0 amide bonds. The van der Waals surface area contributed by atoms with Crippen LogP contribution in [0, 0.1) is 16.5 Å². The van der Waals surface area contributed by atoms with E-state index < -0.39 is 0 Å². The van der Waals surface area contributed by atoms with Gasteiger partial charge in [-0.3, -0.25) is 0 Å². The maximum Gasteiger partial charge on any atom is 0.178 e. The first kappa shape index (κ1) is 11.8. The lowest BCUT2D eigenvalue weighted by Gasteiger charge is -2.07. The largest absolute Gasteiger partial charge is 0.331 e. The molecule has 0 bridgehead atoms. The van der Waals surface area contributed by atoms with Crippen molar-refractivity contribution in [3.05, 3.63) is 27.2 Å². The van der Waals surface area contributed by atoms with E-state index in [1.165, 1.54) is 6.07 Å². The quantitative estimate of drug-likeness (QED) is 0.822. The van der Waals surface area contributed by atoms with Crippen molar-refractivity contribution in [2.24, 2.45) is 5.92 Å². The van der Waals surface area contributed by atoms with Crippen LogP contribution in [-0.4, -0.2) is 9.55 Å². The SMILES string of the molecule is CC(C)Cn1c(=S)[nH]c2cc(Br)c(F)cc21. The first-order chi connectivity index (χ1) is 7.49. The molecule has 2 aromatic rings. The molecule has 1 aromatic heterocycles. The van der Waals surface area contributed by atoms with Crippen molar-refractivity contribution in [1.82, 2.24) is 9.55 Å². The molecule has 1 N–H and O–H groups in total. The van der Waals surface area contributed by atoms with Gasteiger partial charge in [-0.25, -0.2) is 4.39 Å². The van der Waals surface area contributed by atoms with Crippen LogP contribution in [-0.2, 0) is 6.54 Å². The maximum absolute atomic E-state index is 13.5. The molecule has 0 aliphatic rings.